The molecule has 0 aliphatic carbocycles. The van der Waals surface area contributed by atoms with E-state index in [9.17, 15) is 4.21 Å². The van der Waals surface area contributed by atoms with Gasteiger partial charge in [-0.25, -0.2) is 14.2 Å². The summed E-state index contributed by atoms with van der Waals surface area (Å²) in [6, 6.07) is 0. The van der Waals surface area contributed by atoms with Gasteiger partial charge in [-0.2, -0.15) is 0 Å². The highest BCUT2D eigenvalue weighted by molar-refractivity contribution is 7.79. The third kappa shape index (κ3) is 1.58. The van der Waals surface area contributed by atoms with Crippen molar-refractivity contribution in [1.82, 2.24) is 9.97 Å². The maximum atomic E-state index is 10.3. The lowest BCUT2D eigenvalue weighted by atomic mass is 10.4. The Kier molecular flexibility index (Phi) is 2.08. The van der Waals surface area contributed by atoms with Crippen molar-refractivity contribution in [2.75, 3.05) is 0 Å². The number of hydrogen-bond acceptors (Lipinski definition) is 3. The van der Waals surface area contributed by atoms with E-state index in [1.807, 2.05) is 6.92 Å². The molecule has 5 heteroatoms. The predicted octanol–water partition coefficient (Wildman–Crippen LogP) is 0.366. The van der Waals surface area contributed by atoms with Gasteiger partial charge in [0, 0.05) is 12.4 Å². The summed E-state index contributed by atoms with van der Waals surface area (Å²) in [5.74, 6) is 0. The van der Waals surface area contributed by atoms with Gasteiger partial charge in [-0.15, -0.1) is 0 Å². The minimum absolute atomic E-state index is 0.0504. The van der Waals surface area contributed by atoms with Gasteiger partial charge in [0.1, 0.15) is 0 Å². The van der Waals surface area contributed by atoms with Crippen molar-refractivity contribution in [1.29, 1.82) is 0 Å². The molecule has 0 spiro atoms. The van der Waals surface area contributed by atoms with E-state index in [1.165, 1.54) is 12.4 Å². The van der Waals surface area contributed by atoms with Crippen molar-refractivity contribution in [2.45, 2.75) is 12.1 Å². The van der Waals surface area contributed by atoms with Crippen LogP contribution < -0.4 is 0 Å². The molecule has 0 amide bonds. The molecule has 0 aliphatic heterocycles. The van der Waals surface area contributed by atoms with Crippen LogP contribution in [0.4, 0.5) is 0 Å². The van der Waals surface area contributed by atoms with Crippen LogP contribution in [0, 0.1) is 6.92 Å². The fourth-order valence-corrected chi connectivity index (χ4v) is 0.757. The van der Waals surface area contributed by atoms with Gasteiger partial charge in [0.15, 0.2) is 0 Å². The topological polar surface area (TPSA) is 63.1 Å². The normalized spacial score (nSPS) is 13.0. The lowest BCUT2D eigenvalue weighted by Gasteiger charge is -1.91. The summed E-state index contributed by atoms with van der Waals surface area (Å²) >= 11 is -2.06. The lowest BCUT2D eigenvalue weighted by molar-refractivity contribution is 0.554. The highest BCUT2D eigenvalue weighted by Crippen LogP contribution is 1.95. The second-order valence-corrected chi connectivity index (χ2v) is 2.66. The van der Waals surface area contributed by atoms with Crippen molar-refractivity contribution >= 4 is 11.1 Å². The van der Waals surface area contributed by atoms with Crippen LogP contribution in [0.5, 0.6) is 0 Å². The minimum Gasteiger partial charge on any atom is -0.300 e. The van der Waals surface area contributed by atoms with Crippen LogP contribution in [-0.4, -0.2) is 18.7 Å². The lowest BCUT2D eigenvalue weighted by Crippen LogP contribution is -1.96. The Balaban J connectivity index is 3.00. The average molecular weight is 158 g/mol. The van der Waals surface area contributed by atoms with Crippen molar-refractivity contribution in [3.63, 3.8) is 0 Å². The fourth-order valence-electron chi connectivity index (χ4n) is 0.471. The van der Waals surface area contributed by atoms with Gasteiger partial charge in [-0.05, 0) is 12.5 Å². The van der Waals surface area contributed by atoms with Gasteiger partial charge in [-0.3, -0.25) is 4.55 Å². The molecule has 0 aliphatic rings. The summed E-state index contributed by atoms with van der Waals surface area (Å²) in [6.07, 6.45) is 2.99. The van der Waals surface area contributed by atoms with Crippen LogP contribution in [0.3, 0.4) is 0 Å². The number of aromatic nitrogens is 2. The Morgan fingerprint density at radius 2 is 2.00 bits per heavy atom. The molecule has 1 N–H and O–H groups in total. The molecule has 0 fully saturated rings. The second-order valence-electron chi connectivity index (χ2n) is 1.79. The zero-order chi connectivity index (χ0) is 7.56. The van der Waals surface area contributed by atoms with E-state index in [0.717, 1.165) is 5.56 Å². The first kappa shape index (κ1) is 7.30. The predicted molar refractivity (Wildman–Crippen MR) is 35.8 cm³/mol. The molecule has 1 atom stereocenters. The van der Waals surface area contributed by atoms with Crippen molar-refractivity contribution < 1.29 is 8.76 Å². The molecule has 0 saturated carbocycles. The van der Waals surface area contributed by atoms with E-state index >= 15 is 0 Å². The van der Waals surface area contributed by atoms with E-state index in [4.69, 9.17) is 4.55 Å². The molecule has 0 radical (unpaired) electrons. The van der Waals surface area contributed by atoms with Crippen LogP contribution in [-0.2, 0) is 11.1 Å². The van der Waals surface area contributed by atoms with E-state index in [2.05, 4.69) is 9.97 Å². The third-order valence-corrected chi connectivity index (χ3v) is 1.44. The van der Waals surface area contributed by atoms with E-state index in [1.54, 1.807) is 0 Å². The zero-order valence-corrected chi connectivity index (χ0v) is 6.13. The van der Waals surface area contributed by atoms with E-state index in [-0.39, 0.29) is 5.16 Å². The number of hydrogen-bond donors (Lipinski definition) is 1. The van der Waals surface area contributed by atoms with E-state index < -0.39 is 11.1 Å². The Morgan fingerprint density at radius 1 is 1.50 bits per heavy atom. The van der Waals surface area contributed by atoms with Gasteiger partial charge in [-0.1, -0.05) is 0 Å². The first-order valence-electron chi connectivity index (χ1n) is 2.59. The molecule has 54 valence electrons. The summed E-state index contributed by atoms with van der Waals surface area (Å²) in [5, 5.41) is -0.0504. The highest BCUT2D eigenvalue weighted by atomic mass is 32.2. The molecule has 0 aromatic carbocycles. The summed E-state index contributed by atoms with van der Waals surface area (Å²) in [4.78, 5) is 7.23. The molecule has 1 aromatic rings. The molecule has 1 heterocycles. The smallest absolute Gasteiger partial charge is 0.246 e. The largest absolute Gasteiger partial charge is 0.300 e. The molecule has 0 bridgehead atoms. The highest BCUT2D eigenvalue weighted by Gasteiger charge is 1.99. The maximum absolute atomic E-state index is 10.3. The standard InChI is InChI=1S/C5H6N2O2S/c1-4-2-6-5(7-3-4)10(8)9/h2-3H,1H3,(H,8,9). The Labute approximate surface area is 60.6 Å². The molecule has 1 rings (SSSR count). The Hall–Kier alpha value is -0.810. The van der Waals surface area contributed by atoms with Gasteiger partial charge < -0.3 is 0 Å². The monoisotopic (exact) mass is 158 g/mol. The SMILES string of the molecule is Cc1cnc(S(=O)O)nc1. The summed E-state index contributed by atoms with van der Waals surface area (Å²) in [5.41, 5.74) is 0.870. The van der Waals surface area contributed by atoms with Crippen LogP contribution in [0.1, 0.15) is 5.56 Å². The van der Waals surface area contributed by atoms with Crippen molar-refractivity contribution in [3.05, 3.63) is 18.0 Å². The Bertz CT molecular complexity index is 246. The van der Waals surface area contributed by atoms with E-state index in [0.29, 0.717) is 0 Å². The molecular weight excluding hydrogens is 152 g/mol. The first-order chi connectivity index (χ1) is 4.70. The minimum atomic E-state index is -2.06. The van der Waals surface area contributed by atoms with Gasteiger partial charge in [0.25, 0.3) is 0 Å². The second kappa shape index (κ2) is 2.85. The summed E-state index contributed by atoms with van der Waals surface area (Å²) in [6.45, 7) is 1.81. The van der Waals surface area contributed by atoms with Crippen molar-refractivity contribution in [2.24, 2.45) is 0 Å². The molecular formula is C5H6N2O2S. The molecule has 10 heavy (non-hydrogen) atoms. The number of aryl methyl sites for hydroxylation is 1. The number of rotatable bonds is 1. The van der Waals surface area contributed by atoms with Crippen LogP contribution in [0.2, 0.25) is 0 Å². The first-order valence-corrected chi connectivity index (χ1v) is 3.70. The van der Waals surface area contributed by atoms with Crippen LogP contribution in [0.15, 0.2) is 17.6 Å². The zero-order valence-electron chi connectivity index (χ0n) is 5.31. The van der Waals surface area contributed by atoms with Crippen LogP contribution >= 0.6 is 0 Å². The maximum Gasteiger partial charge on any atom is 0.246 e. The quantitative estimate of drug-likeness (QED) is 0.473. The van der Waals surface area contributed by atoms with Crippen molar-refractivity contribution in [3.8, 4) is 0 Å². The fraction of sp³-hybridized carbons (Fsp3) is 0.200. The summed E-state index contributed by atoms with van der Waals surface area (Å²) in [7, 11) is 0. The molecule has 4 nitrogen and oxygen atoms in total. The van der Waals surface area contributed by atoms with Gasteiger partial charge in [0.05, 0.1) is 0 Å². The van der Waals surface area contributed by atoms with Gasteiger partial charge >= 0.3 is 0 Å². The van der Waals surface area contributed by atoms with Crippen LogP contribution in [0.25, 0.3) is 0 Å². The average Bonchev–Trinajstić information content (AvgIpc) is 1.88. The summed E-state index contributed by atoms with van der Waals surface area (Å²) < 4.78 is 18.8. The molecule has 1 unspecified atom stereocenters. The molecule has 1 aromatic heterocycles. The van der Waals surface area contributed by atoms with Gasteiger partial charge in [0.2, 0.25) is 16.2 Å². The molecule has 0 saturated heterocycles. The number of nitrogens with zero attached hydrogens (tertiary/aromatic N) is 2. The third-order valence-electron chi connectivity index (χ3n) is 0.913. The Morgan fingerprint density at radius 3 is 2.40 bits per heavy atom.